The van der Waals surface area contributed by atoms with Gasteiger partial charge in [0.15, 0.2) is 5.17 Å². The number of amides is 1. The minimum atomic E-state index is -0.288. The third-order valence-electron chi connectivity index (χ3n) is 1.58. The zero-order valence-corrected chi connectivity index (χ0v) is 10.4. The number of carbonyl (C=O) groups is 1. The molecule has 0 radical (unpaired) electrons. The SMILES string of the molecule is N=C(N)SCC(=O)Nc1cccc(Cl)c1Cl. The van der Waals surface area contributed by atoms with Crippen LogP contribution in [0.1, 0.15) is 0 Å². The maximum atomic E-state index is 11.4. The van der Waals surface area contributed by atoms with Crippen molar-refractivity contribution in [1.82, 2.24) is 0 Å². The van der Waals surface area contributed by atoms with Gasteiger partial charge in [0.1, 0.15) is 0 Å². The number of halogens is 2. The fourth-order valence-electron chi connectivity index (χ4n) is 0.930. The van der Waals surface area contributed by atoms with Crippen LogP contribution in [-0.2, 0) is 4.79 Å². The van der Waals surface area contributed by atoms with E-state index in [0.717, 1.165) is 11.8 Å². The zero-order chi connectivity index (χ0) is 12.1. The Hall–Kier alpha value is -0.910. The van der Waals surface area contributed by atoms with Crippen molar-refractivity contribution in [3.63, 3.8) is 0 Å². The Morgan fingerprint density at radius 1 is 1.50 bits per heavy atom. The molecule has 0 atom stereocenters. The minimum absolute atomic E-state index is 0.0676. The van der Waals surface area contributed by atoms with Crippen LogP contribution in [0.4, 0.5) is 5.69 Å². The second kappa shape index (κ2) is 5.98. The van der Waals surface area contributed by atoms with Gasteiger partial charge in [0.25, 0.3) is 0 Å². The third kappa shape index (κ3) is 3.92. The molecule has 0 spiro atoms. The molecule has 0 bridgehead atoms. The second-order valence-corrected chi connectivity index (χ2v) is 4.60. The number of nitrogens with two attached hydrogens (primary N) is 1. The van der Waals surface area contributed by atoms with Crippen LogP contribution >= 0.6 is 35.0 Å². The number of anilines is 1. The van der Waals surface area contributed by atoms with E-state index >= 15 is 0 Å². The number of rotatable bonds is 3. The predicted molar refractivity (Wildman–Crippen MR) is 69.5 cm³/mol. The second-order valence-electron chi connectivity index (χ2n) is 2.80. The highest BCUT2D eigenvalue weighted by atomic mass is 35.5. The van der Waals surface area contributed by atoms with E-state index in [1.165, 1.54) is 0 Å². The molecule has 86 valence electrons. The largest absolute Gasteiger partial charge is 0.379 e. The molecular formula is C9H9Cl2N3OS. The number of amidine groups is 1. The van der Waals surface area contributed by atoms with Crippen molar-refractivity contribution in [2.24, 2.45) is 5.73 Å². The fraction of sp³-hybridized carbons (Fsp3) is 0.111. The van der Waals surface area contributed by atoms with Crippen LogP contribution in [0, 0.1) is 5.41 Å². The molecule has 0 aromatic heterocycles. The lowest BCUT2D eigenvalue weighted by Gasteiger charge is -2.07. The van der Waals surface area contributed by atoms with Gasteiger partial charge in [-0.2, -0.15) is 0 Å². The maximum absolute atomic E-state index is 11.4. The molecular weight excluding hydrogens is 269 g/mol. The molecule has 1 aromatic carbocycles. The van der Waals surface area contributed by atoms with Crippen LogP contribution in [0.2, 0.25) is 10.0 Å². The Morgan fingerprint density at radius 3 is 2.81 bits per heavy atom. The summed E-state index contributed by atoms with van der Waals surface area (Å²) in [7, 11) is 0. The third-order valence-corrected chi connectivity index (χ3v) is 3.12. The van der Waals surface area contributed by atoms with Crippen LogP contribution in [0.3, 0.4) is 0 Å². The molecule has 7 heteroatoms. The van der Waals surface area contributed by atoms with E-state index in [1.807, 2.05) is 0 Å². The number of nitrogens with one attached hydrogen (secondary N) is 2. The van der Waals surface area contributed by atoms with Crippen molar-refractivity contribution >= 4 is 51.7 Å². The van der Waals surface area contributed by atoms with Crippen molar-refractivity contribution < 1.29 is 4.79 Å². The van der Waals surface area contributed by atoms with E-state index < -0.39 is 0 Å². The molecule has 4 N–H and O–H groups in total. The standard InChI is InChI=1S/C9H9Cl2N3OS/c10-5-2-1-3-6(8(5)11)14-7(15)4-16-9(12)13/h1-3H,4H2,(H3,12,13)(H,14,15). The van der Waals surface area contributed by atoms with Crippen LogP contribution in [0.15, 0.2) is 18.2 Å². The first kappa shape index (κ1) is 13.2. The van der Waals surface area contributed by atoms with E-state index in [0.29, 0.717) is 15.7 Å². The number of carbonyl (C=O) groups excluding carboxylic acids is 1. The highest BCUT2D eigenvalue weighted by Crippen LogP contribution is 2.29. The average Bonchev–Trinajstić information content (AvgIpc) is 2.22. The van der Waals surface area contributed by atoms with Gasteiger partial charge in [-0.15, -0.1) is 0 Å². The quantitative estimate of drug-likeness (QED) is 0.587. The summed E-state index contributed by atoms with van der Waals surface area (Å²) in [5, 5.41) is 10.1. The van der Waals surface area contributed by atoms with Gasteiger partial charge in [-0.1, -0.05) is 41.0 Å². The lowest BCUT2D eigenvalue weighted by Crippen LogP contribution is -2.17. The fourth-order valence-corrected chi connectivity index (χ4v) is 1.64. The van der Waals surface area contributed by atoms with Crippen molar-refractivity contribution in [1.29, 1.82) is 5.41 Å². The molecule has 0 aliphatic rings. The molecule has 16 heavy (non-hydrogen) atoms. The molecule has 0 fully saturated rings. The van der Waals surface area contributed by atoms with Crippen molar-refractivity contribution in [2.75, 3.05) is 11.1 Å². The summed E-state index contributed by atoms with van der Waals surface area (Å²) in [6, 6.07) is 4.95. The first-order chi connectivity index (χ1) is 7.50. The summed E-state index contributed by atoms with van der Waals surface area (Å²) in [6.45, 7) is 0. The molecule has 0 unspecified atom stereocenters. The van der Waals surface area contributed by atoms with Gasteiger partial charge in [0, 0.05) is 0 Å². The Labute approximate surface area is 107 Å². The van der Waals surface area contributed by atoms with E-state index in [4.69, 9.17) is 34.3 Å². The summed E-state index contributed by atoms with van der Waals surface area (Å²) >= 11 is 12.6. The molecule has 0 saturated carbocycles. The molecule has 0 aliphatic carbocycles. The molecule has 0 aliphatic heterocycles. The Kier molecular flexibility index (Phi) is 4.92. The van der Waals surface area contributed by atoms with E-state index in [-0.39, 0.29) is 16.8 Å². The lowest BCUT2D eigenvalue weighted by molar-refractivity contribution is -0.113. The van der Waals surface area contributed by atoms with Gasteiger partial charge < -0.3 is 11.1 Å². The average molecular weight is 278 g/mol. The smallest absolute Gasteiger partial charge is 0.234 e. The van der Waals surface area contributed by atoms with Crippen LogP contribution < -0.4 is 11.1 Å². The molecule has 0 saturated heterocycles. The van der Waals surface area contributed by atoms with Crippen molar-refractivity contribution in [3.8, 4) is 0 Å². The van der Waals surface area contributed by atoms with E-state index in [9.17, 15) is 4.79 Å². The van der Waals surface area contributed by atoms with Gasteiger partial charge in [-0.3, -0.25) is 10.2 Å². The van der Waals surface area contributed by atoms with Gasteiger partial charge in [0.2, 0.25) is 5.91 Å². The Morgan fingerprint density at radius 2 is 2.19 bits per heavy atom. The van der Waals surface area contributed by atoms with Gasteiger partial charge in [0.05, 0.1) is 21.5 Å². The molecule has 1 aromatic rings. The van der Waals surface area contributed by atoms with Crippen LogP contribution in [-0.4, -0.2) is 16.8 Å². The van der Waals surface area contributed by atoms with Gasteiger partial charge in [-0.05, 0) is 12.1 Å². The number of thioether (sulfide) groups is 1. The highest BCUT2D eigenvalue weighted by Gasteiger charge is 2.08. The van der Waals surface area contributed by atoms with E-state index in [1.54, 1.807) is 18.2 Å². The Bertz CT molecular complexity index is 425. The molecule has 4 nitrogen and oxygen atoms in total. The summed E-state index contributed by atoms with van der Waals surface area (Å²) in [5.74, 6) is -0.220. The zero-order valence-electron chi connectivity index (χ0n) is 8.09. The van der Waals surface area contributed by atoms with Crippen LogP contribution in [0.25, 0.3) is 0 Å². The number of hydrogen-bond acceptors (Lipinski definition) is 3. The topological polar surface area (TPSA) is 79.0 Å². The van der Waals surface area contributed by atoms with Crippen molar-refractivity contribution in [3.05, 3.63) is 28.2 Å². The molecule has 1 amide bonds. The predicted octanol–water partition coefficient (Wildman–Crippen LogP) is 2.56. The molecule has 1 rings (SSSR count). The summed E-state index contributed by atoms with van der Waals surface area (Å²) in [6.07, 6.45) is 0. The van der Waals surface area contributed by atoms with Gasteiger partial charge >= 0.3 is 0 Å². The molecule has 0 heterocycles. The number of benzene rings is 1. The summed E-state index contributed by atoms with van der Waals surface area (Å²) in [4.78, 5) is 11.4. The minimum Gasteiger partial charge on any atom is -0.379 e. The first-order valence-electron chi connectivity index (χ1n) is 4.21. The summed E-state index contributed by atoms with van der Waals surface area (Å²) in [5.41, 5.74) is 5.55. The van der Waals surface area contributed by atoms with Gasteiger partial charge in [-0.25, -0.2) is 0 Å². The summed E-state index contributed by atoms with van der Waals surface area (Å²) < 4.78 is 0. The highest BCUT2D eigenvalue weighted by molar-refractivity contribution is 8.14. The van der Waals surface area contributed by atoms with Crippen molar-refractivity contribution in [2.45, 2.75) is 0 Å². The van der Waals surface area contributed by atoms with E-state index in [2.05, 4.69) is 5.32 Å². The normalized spacial score (nSPS) is 9.88. The lowest BCUT2D eigenvalue weighted by atomic mass is 10.3. The Balaban J connectivity index is 2.63. The first-order valence-corrected chi connectivity index (χ1v) is 5.95. The van der Waals surface area contributed by atoms with Crippen LogP contribution in [0.5, 0.6) is 0 Å². The monoisotopic (exact) mass is 277 g/mol. The number of hydrogen-bond donors (Lipinski definition) is 3. The maximum Gasteiger partial charge on any atom is 0.234 e.